The van der Waals surface area contributed by atoms with Crippen LogP contribution >= 0.6 is 11.3 Å². The molecule has 0 unspecified atom stereocenters. The first-order valence-electron chi connectivity index (χ1n) is 8.59. The molecule has 1 aromatic carbocycles. The van der Waals surface area contributed by atoms with Crippen molar-refractivity contribution in [3.63, 3.8) is 0 Å². The zero-order valence-electron chi connectivity index (χ0n) is 14.3. The smallest absolute Gasteiger partial charge is 0.271 e. The minimum absolute atomic E-state index is 0.226. The summed E-state index contributed by atoms with van der Waals surface area (Å²) in [7, 11) is -3.65. The fourth-order valence-corrected chi connectivity index (χ4v) is 5.02. The topological polar surface area (TPSA) is 85.1 Å². The van der Waals surface area contributed by atoms with Gasteiger partial charge in [0.05, 0.1) is 0 Å². The number of hydrogen-bond acceptors (Lipinski definition) is 6. The Labute approximate surface area is 156 Å². The van der Waals surface area contributed by atoms with Crippen LogP contribution < -0.4 is 4.72 Å². The van der Waals surface area contributed by atoms with Gasteiger partial charge in [0.1, 0.15) is 4.21 Å². The maximum atomic E-state index is 12.6. The molecule has 6 nitrogen and oxygen atoms in total. The van der Waals surface area contributed by atoms with E-state index in [-0.39, 0.29) is 4.21 Å². The SMILES string of the molecule is CCc1cccc(NS(=O)(=O)c2cc(-c3noc(C4CCC4)n3)cs2)c1. The molecule has 4 rings (SSSR count). The second kappa shape index (κ2) is 6.85. The van der Waals surface area contributed by atoms with Gasteiger partial charge in [-0.3, -0.25) is 4.72 Å². The van der Waals surface area contributed by atoms with Crippen molar-refractivity contribution < 1.29 is 12.9 Å². The standard InChI is InChI=1S/C18H19N3O3S2/c1-2-12-5-3-8-15(9-12)21-26(22,23)16-10-14(11-25-16)17-19-18(24-20-17)13-6-4-7-13/h3,5,8-11,13,21H,2,4,6-7H2,1H3. The molecule has 0 radical (unpaired) electrons. The second-order valence-corrected chi connectivity index (χ2v) is 9.22. The molecule has 0 aliphatic heterocycles. The van der Waals surface area contributed by atoms with Crippen molar-refractivity contribution >= 4 is 27.0 Å². The maximum Gasteiger partial charge on any atom is 0.271 e. The van der Waals surface area contributed by atoms with Gasteiger partial charge in [-0.25, -0.2) is 8.42 Å². The molecule has 2 aromatic heterocycles. The third-order valence-corrected chi connectivity index (χ3v) is 7.40. The molecule has 26 heavy (non-hydrogen) atoms. The quantitative estimate of drug-likeness (QED) is 0.674. The van der Waals surface area contributed by atoms with E-state index < -0.39 is 10.0 Å². The number of aromatic nitrogens is 2. The Morgan fingerprint density at radius 1 is 1.31 bits per heavy atom. The van der Waals surface area contributed by atoms with Gasteiger partial charge in [-0.2, -0.15) is 4.98 Å². The molecule has 0 bridgehead atoms. The molecule has 0 saturated heterocycles. The van der Waals surface area contributed by atoms with E-state index in [1.165, 1.54) is 6.42 Å². The Morgan fingerprint density at radius 3 is 2.88 bits per heavy atom. The summed E-state index contributed by atoms with van der Waals surface area (Å²) in [6, 6.07) is 8.99. The zero-order chi connectivity index (χ0) is 18.1. The van der Waals surface area contributed by atoms with Crippen LogP contribution in [0, 0.1) is 0 Å². The van der Waals surface area contributed by atoms with E-state index in [1.807, 2.05) is 25.1 Å². The number of nitrogens with one attached hydrogen (secondary N) is 1. The van der Waals surface area contributed by atoms with Gasteiger partial charge in [0, 0.05) is 22.5 Å². The van der Waals surface area contributed by atoms with Crippen LogP contribution in [0.25, 0.3) is 11.4 Å². The number of thiophene rings is 1. The van der Waals surface area contributed by atoms with Crippen molar-refractivity contribution in [1.29, 1.82) is 0 Å². The van der Waals surface area contributed by atoms with Crippen LogP contribution in [0.15, 0.2) is 44.4 Å². The molecule has 1 N–H and O–H groups in total. The van der Waals surface area contributed by atoms with Crippen molar-refractivity contribution in [3.8, 4) is 11.4 Å². The van der Waals surface area contributed by atoms with Crippen molar-refractivity contribution in [1.82, 2.24) is 10.1 Å². The molecule has 1 saturated carbocycles. The monoisotopic (exact) mass is 389 g/mol. The normalized spacial score (nSPS) is 15.0. The summed E-state index contributed by atoms with van der Waals surface area (Å²) < 4.78 is 33.5. The maximum absolute atomic E-state index is 12.6. The fourth-order valence-electron chi connectivity index (χ4n) is 2.81. The summed E-state index contributed by atoms with van der Waals surface area (Å²) in [5.41, 5.74) is 2.30. The van der Waals surface area contributed by atoms with E-state index in [2.05, 4.69) is 14.9 Å². The highest BCUT2D eigenvalue weighted by molar-refractivity contribution is 7.94. The fraction of sp³-hybridized carbons (Fsp3) is 0.333. The molecule has 1 aliphatic carbocycles. The van der Waals surface area contributed by atoms with Crippen molar-refractivity contribution in [2.24, 2.45) is 0 Å². The van der Waals surface area contributed by atoms with Crippen LogP contribution in [0.4, 0.5) is 5.69 Å². The van der Waals surface area contributed by atoms with E-state index in [0.29, 0.717) is 28.9 Å². The van der Waals surface area contributed by atoms with Crippen LogP contribution in [0.2, 0.25) is 0 Å². The average Bonchev–Trinajstić information content (AvgIpc) is 3.22. The molecular weight excluding hydrogens is 370 g/mol. The van der Waals surface area contributed by atoms with Crippen LogP contribution in [0.3, 0.4) is 0 Å². The first kappa shape index (κ1) is 17.2. The Balaban J connectivity index is 1.55. The molecule has 1 fully saturated rings. The van der Waals surface area contributed by atoms with Crippen LogP contribution in [0.1, 0.15) is 43.6 Å². The number of anilines is 1. The molecule has 0 amide bonds. The molecule has 8 heteroatoms. The highest BCUT2D eigenvalue weighted by Gasteiger charge is 2.26. The van der Waals surface area contributed by atoms with E-state index in [1.54, 1.807) is 17.5 Å². The number of sulfonamides is 1. The Hall–Kier alpha value is -2.19. The van der Waals surface area contributed by atoms with E-state index >= 15 is 0 Å². The third kappa shape index (κ3) is 3.39. The summed E-state index contributed by atoms with van der Waals surface area (Å²) in [6.45, 7) is 2.03. The average molecular weight is 390 g/mol. The summed E-state index contributed by atoms with van der Waals surface area (Å²) in [5, 5.41) is 5.74. The van der Waals surface area contributed by atoms with E-state index in [0.717, 1.165) is 36.2 Å². The number of nitrogens with zero attached hydrogens (tertiary/aromatic N) is 2. The van der Waals surface area contributed by atoms with Crippen LogP contribution in [-0.4, -0.2) is 18.6 Å². The van der Waals surface area contributed by atoms with Gasteiger partial charge in [-0.05, 0) is 43.0 Å². The Bertz CT molecular complexity index is 1020. The summed E-state index contributed by atoms with van der Waals surface area (Å²) >= 11 is 1.15. The first-order valence-corrected chi connectivity index (χ1v) is 11.0. The number of hydrogen-bond donors (Lipinski definition) is 1. The number of aryl methyl sites for hydroxylation is 1. The minimum atomic E-state index is -3.65. The van der Waals surface area contributed by atoms with Gasteiger partial charge in [0.2, 0.25) is 11.7 Å². The van der Waals surface area contributed by atoms with Gasteiger partial charge in [-0.15, -0.1) is 11.3 Å². The molecular formula is C18H19N3O3S2. The summed E-state index contributed by atoms with van der Waals surface area (Å²) in [4.78, 5) is 4.42. The van der Waals surface area contributed by atoms with Gasteiger partial charge in [0.15, 0.2) is 0 Å². The predicted octanol–water partition coefficient (Wildman–Crippen LogP) is 4.43. The largest absolute Gasteiger partial charge is 0.339 e. The molecule has 0 spiro atoms. The molecule has 1 aliphatic rings. The zero-order valence-corrected chi connectivity index (χ0v) is 15.9. The molecule has 3 aromatic rings. The number of rotatable bonds is 6. The van der Waals surface area contributed by atoms with E-state index in [4.69, 9.17) is 4.52 Å². The summed E-state index contributed by atoms with van der Waals surface area (Å²) in [6.07, 6.45) is 4.19. The minimum Gasteiger partial charge on any atom is -0.339 e. The molecule has 0 atom stereocenters. The highest BCUT2D eigenvalue weighted by Crippen LogP contribution is 2.36. The lowest BCUT2D eigenvalue weighted by molar-refractivity contribution is 0.292. The third-order valence-electron chi connectivity index (χ3n) is 4.58. The lowest BCUT2D eigenvalue weighted by Gasteiger charge is -2.20. The van der Waals surface area contributed by atoms with Gasteiger partial charge in [0.25, 0.3) is 10.0 Å². The molecule has 2 heterocycles. The second-order valence-electron chi connectivity index (χ2n) is 6.40. The number of benzene rings is 1. The van der Waals surface area contributed by atoms with Gasteiger partial charge < -0.3 is 4.52 Å². The van der Waals surface area contributed by atoms with E-state index in [9.17, 15) is 8.42 Å². The first-order chi connectivity index (χ1) is 12.5. The van der Waals surface area contributed by atoms with Crippen molar-refractivity contribution in [3.05, 3.63) is 47.2 Å². The lowest BCUT2D eigenvalue weighted by Crippen LogP contribution is -2.11. The lowest BCUT2D eigenvalue weighted by atomic mass is 9.85. The van der Waals surface area contributed by atoms with Gasteiger partial charge in [-0.1, -0.05) is 30.6 Å². The highest BCUT2D eigenvalue weighted by atomic mass is 32.2. The summed E-state index contributed by atoms with van der Waals surface area (Å²) in [5.74, 6) is 1.44. The van der Waals surface area contributed by atoms with Crippen LogP contribution in [0.5, 0.6) is 0 Å². The van der Waals surface area contributed by atoms with Crippen molar-refractivity contribution in [2.75, 3.05) is 4.72 Å². The Morgan fingerprint density at radius 2 is 2.15 bits per heavy atom. The van der Waals surface area contributed by atoms with Gasteiger partial charge >= 0.3 is 0 Å². The Kier molecular flexibility index (Phi) is 4.54. The van der Waals surface area contributed by atoms with Crippen LogP contribution in [-0.2, 0) is 16.4 Å². The molecule has 136 valence electrons. The van der Waals surface area contributed by atoms with Crippen molar-refractivity contribution in [2.45, 2.75) is 42.7 Å². The predicted molar refractivity (Wildman–Crippen MR) is 101 cm³/mol.